The van der Waals surface area contributed by atoms with Crippen LogP contribution in [0.15, 0.2) is 17.7 Å². The number of hydrogen-bond acceptors (Lipinski definition) is 5. The van der Waals surface area contributed by atoms with Gasteiger partial charge in [0, 0.05) is 6.20 Å². The lowest BCUT2D eigenvalue weighted by Crippen LogP contribution is -2.41. The van der Waals surface area contributed by atoms with Crippen LogP contribution in [0.25, 0.3) is 6.08 Å². The molecule has 0 amide bonds. The lowest BCUT2D eigenvalue weighted by Gasteiger charge is -2.32. The average molecular weight is 311 g/mol. The minimum Gasteiger partial charge on any atom is -0.400 e. The number of aromatic nitrogens is 1. The number of nitrogens with zero attached hydrogens (tertiary/aromatic N) is 1. The number of hydrogen-bond donors (Lipinski definition) is 2. The molecule has 1 aromatic heterocycles. The van der Waals surface area contributed by atoms with E-state index in [1.165, 1.54) is 6.20 Å². The highest BCUT2D eigenvalue weighted by atomic mass is 35.5. The maximum atomic E-state index is 9.61. The van der Waals surface area contributed by atoms with Crippen LogP contribution in [0.3, 0.4) is 0 Å². The predicted octanol–water partition coefficient (Wildman–Crippen LogP) is 2.32. The Balaban J connectivity index is 2.31. The second-order valence-corrected chi connectivity index (χ2v) is 6.53. The van der Waals surface area contributed by atoms with Gasteiger partial charge in [-0.3, -0.25) is 4.98 Å². The molecule has 0 aliphatic carbocycles. The first-order valence-corrected chi connectivity index (χ1v) is 7.12. The van der Waals surface area contributed by atoms with Crippen LogP contribution in [0.2, 0.25) is 5.02 Å². The van der Waals surface area contributed by atoms with Gasteiger partial charge in [-0.05, 0) is 45.3 Å². The van der Waals surface area contributed by atoms with E-state index in [9.17, 15) is 5.11 Å². The zero-order valence-electron chi connectivity index (χ0n) is 12.7. The van der Waals surface area contributed by atoms with Crippen molar-refractivity contribution in [1.29, 1.82) is 0 Å². The summed E-state index contributed by atoms with van der Waals surface area (Å²) < 4.78 is 11.8. The Morgan fingerprint density at radius 3 is 2.43 bits per heavy atom. The molecule has 1 aliphatic heterocycles. The first-order valence-electron chi connectivity index (χ1n) is 6.74. The number of aliphatic hydroxyl groups is 1. The third kappa shape index (κ3) is 3.24. The van der Waals surface area contributed by atoms with E-state index in [1.807, 2.05) is 27.7 Å². The van der Waals surface area contributed by atoms with Crippen molar-refractivity contribution in [3.63, 3.8) is 0 Å². The maximum absolute atomic E-state index is 9.61. The smallest absolute Gasteiger partial charge is 0.400 e. The molecule has 2 heterocycles. The van der Waals surface area contributed by atoms with E-state index in [2.05, 4.69) is 4.98 Å². The molecule has 2 rings (SSSR count). The standard InChI is InChI=1S/C14H20BClN2O3/c1-13(2)14(3,4)21-15(20-13)9(8-19)5-12-11(17)6-10(16)7-18-12/h5-7,19H,8,17H2,1-4H3. The highest BCUT2D eigenvalue weighted by Gasteiger charge is 2.52. The Morgan fingerprint density at radius 1 is 1.38 bits per heavy atom. The van der Waals surface area contributed by atoms with Crippen molar-refractivity contribution in [3.8, 4) is 0 Å². The van der Waals surface area contributed by atoms with Gasteiger partial charge in [-0.2, -0.15) is 0 Å². The molecular weight excluding hydrogens is 290 g/mol. The SMILES string of the molecule is CC1(C)OB(C(=Cc2ncc(Cl)cc2N)CO)OC1(C)C. The Labute approximate surface area is 130 Å². The molecule has 0 bridgehead atoms. The second kappa shape index (κ2) is 5.61. The van der Waals surface area contributed by atoms with Crippen molar-refractivity contribution in [1.82, 2.24) is 4.98 Å². The van der Waals surface area contributed by atoms with E-state index in [0.717, 1.165) is 0 Å². The summed E-state index contributed by atoms with van der Waals surface area (Å²) in [5, 5.41) is 10.1. The van der Waals surface area contributed by atoms with E-state index in [0.29, 0.717) is 21.9 Å². The van der Waals surface area contributed by atoms with Gasteiger partial charge in [0.15, 0.2) is 0 Å². The van der Waals surface area contributed by atoms with Crippen LogP contribution < -0.4 is 5.73 Å². The first-order chi connectivity index (χ1) is 9.66. The normalized spacial score (nSPS) is 20.9. The summed E-state index contributed by atoms with van der Waals surface area (Å²) >= 11 is 5.83. The molecule has 1 fully saturated rings. The van der Waals surface area contributed by atoms with Gasteiger partial charge in [-0.25, -0.2) is 0 Å². The van der Waals surface area contributed by atoms with E-state index in [4.69, 9.17) is 26.6 Å². The first kappa shape index (κ1) is 16.3. The molecule has 7 heteroatoms. The van der Waals surface area contributed by atoms with Crippen LogP contribution in [0.4, 0.5) is 5.69 Å². The highest BCUT2D eigenvalue weighted by Crippen LogP contribution is 2.38. The molecular formula is C14H20BClN2O3. The minimum atomic E-state index is -0.628. The van der Waals surface area contributed by atoms with E-state index >= 15 is 0 Å². The molecule has 0 atom stereocenters. The van der Waals surface area contributed by atoms with Gasteiger partial charge < -0.3 is 20.1 Å². The fraction of sp³-hybridized carbons (Fsp3) is 0.500. The van der Waals surface area contributed by atoms with Crippen molar-refractivity contribution in [2.75, 3.05) is 12.3 Å². The van der Waals surface area contributed by atoms with Crippen LogP contribution in [-0.2, 0) is 9.31 Å². The predicted molar refractivity (Wildman–Crippen MR) is 84.8 cm³/mol. The molecule has 1 saturated heterocycles. The Hall–Kier alpha value is -1.08. The molecule has 0 aromatic carbocycles. The van der Waals surface area contributed by atoms with E-state index in [-0.39, 0.29) is 6.61 Å². The quantitative estimate of drug-likeness (QED) is 0.838. The summed E-state index contributed by atoms with van der Waals surface area (Å²) in [6.07, 6.45) is 3.18. The monoisotopic (exact) mass is 310 g/mol. The van der Waals surface area contributed by atoms with Crippen molar-refractivity contribution in [2.24, 2.45) is 0 Å². The number of pyridine rings is 1. The zero-order valence-corrected chi connectivity index (χ0v) is 13.4. The van der Waals surface area contributed by atoms with Gasteiger partial charge in [0.2, 0.25) is 0 Å². The van der Waals surface area contributed by atoms with Gasteiger partial charge in [0.05, 0.1) is 34.2 Å². The van der Waals surface area contributed by atoms with Crippen molar-refractivity contribution >= 4 is 30.5 Å². The van der Waals surface area contributed by atoms with E-state index < -0.39 is 18.3 Å². The third-order valence-corrected chi connectivity index (χ3v) is 4.18. The summed E-state index contributed by atoms with van der Waals surface area (Å²) in [4.78, 5) is 4.15. The van der Waals surface area contributed by atoms with Gasteiger partial charge in [0.25, 0.3) is 0 Å². The van der Waals surface area contributed by atoms with E-state index in [1.54, 1.807) is 12.1 Å². The van der Waals surface area contributed by atoms with Crippen LogP contribution in [0.5, 0.6) is 0 Å². The van der Waals surface area contributed by atoms with Crippen LogP contribution in [0, 0.1) is 0 Å². The number of nitrogen functional groups attached to an aromatic ring is 1. The van der Waals surface area contributed by atoms with Crippen molar-refractivity contribution in [3.05, 3.63) is 28.5 Å². The lowest BCUT2D eigenvalue weighted by molar-refractivity contribution is 0.00578. The Bertz CT molecular complexity index is 559. The lowest BCUT2D eigenvalue weighted by atomic mass is 9.78. The number of nitrogens with two attached hydrogens (primary N) is 1. The number of anilines is 1. The average Bonchev–Trinajstić information content (AvgIpc) is 2.57. The fourth-order valence-electron chi connectivity index (χ4n) is 1.94. The fourth-order valence-corrected chi connectivity index (χ4v) is 2.11. The van der Waals surface area contributed by atoms with Crippen molar-refractivity contribution in [2.45, 2.75) is 38.9 Å². The molecule has 1 aliphatic rings. The molecule has 5 nitrogen and oxygen atoms in total. The highest BCUT2D eigenvalue weighted by molar-refractivity contribution is 6.55. The van der Waals surface area contributed by atoms with Crippen LogP contribution in [0.1, 0.15) is 33.4 Å². The molecule has 114 valence electrons. The number of halogens is 1. The van der Waals surface area contributed by atoms with Gasteiger partial charge >= 0.3 is 7.12 Å². The van der Waals surface area contributed by atoms with Crippen LogP contribution >= 0.6 is 11.6 Å². The summed E-state index contributed by atoms with van der Waals surface area (Å²) in [6.45, 7) is 7.61. The zero-order chi connectivity index (χ0) is 15.8. The van der Waals surface area contributed by atoms with Gasteiger partial charge in [-0.15, -0.1) is 0 Å². The minimum absolute atomic E-state index is 0.208. The van der Waals surface area contributed by atoms with Crippen LogP contribution in [-0.4, -0.2) is 35.0 Å². The number of rotatable bonds is 3. The Kier molecular flexibility index (Phi) is 4.35. The third-order valence-electron chi connectivity index (χ3n) is 3.98. The molecule has 3 N–H and O–H groups in total. The summed E-state index contributed by atoms with van der Waals surface area (Å²) in [5.41, 5.74) is 6.47. The summed E-state index contributed by atoms with van der Waals surface area (Å²) in [6, 6.07) is 1.61. The second-order valence-electron chi connectivity index (χ2n) is 6.09. The molecule has 0 unspecified atom stereocenters. The molecule has 21 heavy (non-hydrogen) atoms. The maximum Gasteiger partial charge on any atom is 0.492 e. The van der Waals surface area contributed by atoms with Gasteiger partial charge in [0.1, 0.15) is 0 Å². The topological polar surface area (TPSA) is 77.6 Å². The molecule has 0 saturated carbocycles. The largest absolute Gasteiger partial charge is 0.492 e. The molecule has 1 aromatic rings. The number of aliphatic hydroxyl groups excluding tert-OH is 1. The van der Waals surface area contributed by atoms with Crippen molar-refractivity contribution < 1.29 is 14.4 Å². The molecule has 0 radical (unpaired) electrons. The molecule has 0 spiro atoms. The Morgan fingerprint density at radius 2 is 1.95 bits per heavy atom. The van der Waals surface area contributed by atoms with Gasteiger partial charge in [-0.1, -0.05) is 11.6 Å². The summed E-state index contributed by atoms with van der Waals surface area (Å²) in [7, 11) is -0.628. The summed E-state index contributed by atoms with van der Waals surface area (Å²) in [5.74, 6) is 0.